The molecule has 2 aromatic rings. The van der Waals surface area contributed by atoms with Crippen molar-refractivity contribution >= 4 is 11.6 Å². The number of carbonyl (C=O) groups excluding carboxylic acids is 1. The van der Waals surface area contributed by atoms with E-state index in [0.29, 0.717) is 17.9 Å². The smallest absolute Gasteiger partial charge is 0.262 e. The molecule has 24 heavy (non-hydrogen) atoms. The van der Waals surface area contributed by atoms with Gasteiger partial charge in [-0.05, 0) is 37.1 Å². The van der Waals surface area contributed by atoms with Crippen molar-refractivity contribution in [2.75, 3.05) is 11.9 Å². The molecule has 126 valence electrons. The van der Waals surface area contributed by atoms with E-state index in [1.807, 2.05) is 35.1 Å². The van der Waals surface area contributed by atoms with Gasteiger partial charge in [0.05, 0.1) is 17.8 Å². The SMILES string of the molecule is CC(N[C@H]1C[C@@H](O)[C@@H]1n1cccn1)c1ccc2c(c1)OCC(=O)N2. The van der Waals surface area contributed by atoms with Crippen LogP contribution in [0.4, 0.5) is 5.69 Å². The topological polar surface area (TPSA) is 88.4 Å². The number of nitrogens with one attached hydrogen (secondary N) is 2. The molecule has 0 spiro atoms. The molecular weight excluding hydrogens is 308 g/mol. The summed E-state index contributed by atoms with van der Waals surface area (Å²) < 4.78 is 7.28. The molecule has 2 aliphatic rings. The molecule has 4 rings (SSSR count). The predicted octanol–water partition coefficient (Wildman–Crippen LogP) is 1.24. The molecular formula is C17H20N4O3. The van der Waals surface area contributed by atoms with E-state index in [0.717, 1.165) is 5.56 Å². The first-order valence-electron chi connectivity index (χ1n) is 8.11. The van der Waals surface area contributed by atoms with Crippen LogP contribution in [0.1, 0.15) is 31.0 Å². The van der Waals surface area contributed by atoms with Gasteiger partial charge in [-0.2, -0.15) is 5.10 Å². The van der Waals surface area contributed by atoms with Crippen molar-refractivity contribution in [3.8, 4) is 5.75 Å². The molecule has 1 unspecified atom stereocenters. The highest BCUT2D eigenvalue weighted by atomic mass is 16.5. The maximum atomic E-state index is 11.3. The number of fused-ring (bicyclic) bond motifs is 1. The van der Waals surface area contributed by atoms with Gasteiger partial charge in [-0.15, -0.1) is 0 Å². The average molecular weight is 328 g/mol. The second-order valence-corrected chi connectivity index (χ2v) is 6.37. The number of amides is 1. The summed E-state index contributed by atoms with van der Waals surface area (Å²) in [6, 6.07) is 7.85. The Bertz CT molecular complexity index is 746. The fourth-order valence-electron chi connectivity index (χ4n) is 3.37. The van der Waals surface area contributed by atoms with Gasteiger partial charge in [0.1, 0.15) is 5.75 Å². The van der Waals surface area contributed by atoms with Gasteiger partial charge in [0, 0.05) is 24.5 Å². The Morgan fingerprint density at radius 3 is 3.12 bits per heavy atom. The van der Waals surface area contributed by atoms with Gasteiger partial charge in [0.15, 0.2) is 6.61 Å². The lowest BCUT2D eigenvalue weighted by Gasteiger charge is -2.43. The number of hydrogen-bond donors (Lipinski definition) is 3. The maximum Gasteiger partial charge on any atom is 0.262 e. The van der Waals surface area contributed by atoms with E-state index < -0.39 is 0 Å². The zero-order valence-corrected chi connectivity index (χ0v) is 13.3. The summed E-state index contributed by atoms with van der Waals surface area (Å²) in [7, 11) is 0. The van der Waals surface area contributed by atoms with E-state index in [9.17, 15) is 9.90 Å². The minimum Gasteiger partial charge on any atom is -0.482 e. The Balaban J connectivity index is 1.47. The molecule has 4 atom stereocenters. The standard InChI is InChI=1S/C17H20N4O3/c1-10(11-3-4-12-15(7-11)24-9-16(23)20-12)19-13-8-14(22)17(13)21-6-2-5-18-21/h2-7,10,13-14,17,19,22H,8-9H2,1H3,(H,20,23)/t10?,13-,14+,17+/m0/s1. The minimum atomic E-state index is -0.378. The van der Waals surface area contributed by atoms with Crippen LogP contribution in [-0.4, -0.2) is 39.5 Å². The Morgan fingerprint density at radius 2 is 2.38 bits per heavy atom. The first kappa shape index (κ1) is 15.2. The number of aromatic nitrogens is 2. The Morgan fingerprint density at radius 1 is 1.50 bits per heavy atom. The minimum absolute atomic E-state index is 0.0457. The zero-order chi connectivity index (χ0) is 16.7. The van der Waals surface area contributed by atoms with Crippen LogP contribution in [-0.2, 0) is 4.79 Å². The molecule has 1 aliphatic carbocycles. The number of hydrogen-bond acceptors (Lipinski definition) is 5. The lowest BCUT2D eigenvalue weighted by molar-refractivity contribution is -0.118. The van der Waals surface area contributed by atoms with Crippen molar-refractivity contribution in [1.29, 1.82) is 0 Å². The van der Waals surface area contributed by atoms with Crippen LogP contribution in [0.15, 0.2) is 36.7 Å². The largest absolute Gasteiger partial charge is 0.482 e. The van der Waals surface area contributed by atoms with Crippen LogP contribution in [0, 0.1) is 0 Å². The average Bonchev–Trinajstić information content (AvgIpc) is 3.07. The number of anilines is 1. The highest BCUT2D eigenvalue weighted by Gasteiger charge is 2.42. The fourth-order valence-corrected chi connectivity index (χ4v) is 3.37. The van der Waals surface area contributed by atoms with Crippen molar-refractivity contribution in [2.24, 2.45) is 0 Å². The summed E-state index contributed by atoms with van der Waals surface area (Å²) in [5, 5.41) is 20.6. The fraction of sp³-hybridized carbons (Fsp3) is 0.412. The van der Waals surface area contributed by atoms with Crippen molar-refractivity contribution < 1.29 is 14.6 Å². The third kappa shape index (κ3) is 2.65. The number of nitrogens with zero attached hydrogens (tertiary/aromatic N) is 2. The summed E-state index contributed by atoms with van der Waals surface area (Å²) in [5.41, 5.74) is 1.78. The molecule has 1 aliphatic heterocycles. The Kier molecular flexibility index (Phi) is 3.74. The lowest BCUT2D eigenvalue weighted by Crippen LogP contribution is -2.55. The van der Waals surface area contributed by atoms with Crippen LogP contribution in [0.3, 0.4) is 0 Å². The summed E-state index contributed by atoms with van der Waals surface area (Å²) in [6.07, 6.45) is 3.92. The molecule has 1 saturated carbocycles. The van der Waals surface area contributed by atoms with Gasteiger partial charge in [0.2, 0.25) is 0 Å². The van der Waals surface area contributed by atoms with Crippen LogP contribution < -0.4 is 15.4 Å². The van der Waals surface area contributed by atoms with Crippen molar-refractivity contribution in [2.45, 2.75) is 37.6 Å². The van der Waals surface area contributed by atoms with E-state index in [-0.39, 0.29) is 36.7 Å². The molecule has 1 aromatic heterocycles. The van der Waals surface area contributed by atoms with Gasteiger partial charge in [0.25, 0.3) is 5.91 Å². The van der Waals surface area contributed by atoms with E-state index >= 15 is 0 Å². The summed E-state index contributed by atoms with van der Waals surface area (Å²) in [6.45, 7) is 2.13. The highest BCUT2D eigenvalue weighted by molar-refractivity contribution is 5.95. The van der Waals surface area contributed by atoms with Crippen molar-refractivity contribution in [3.05, 3.63) is 42.2 Å². The van der Waals surface area contributed by atoms with E-state index in [1.54, 1.807) is 6.20 Å². The second-order valence-electron chi connectivity index (χ2n) is 6.37. The van der Waals surface area contributed by atoms with Crippen LogP contribution in [0.5, 0.6) is 5.75 Å². The molecule has 1 amide bonds. The summed E-state index contributed by atoms with van der Waals surface area (Å²) >= 11 is 0. The van der Waals surface area contributed by atoms with Crippen molar-refractivity contribution in [3.63, 3.8) is 0 Å². The first-order chi connectivity index (χ1) is 11.6. The van der Waals surface area contributed by atoms with E-state index in [1.165, 1.54) is 0 Å². The molecule has 0 saturated heterocycles. The van der Waals surface area contributed by atoms with Gasteiger partial charge >= 0.3 is 0 Å². The van der Waals surface area contributed by atoms with E-state index in [4.69, 9.17) is 4.74 Å². The zero-order valence-electron chi connectivity index (χ0n) is 13.3. The summed E-state index contributed by atoms with van der Waals surface area (Å²) in [4.78, 5) is 11.3. The van der Waals surface area contributed by atoms with Gasteiger partial charge in [-0.25, -0.2) is 0 Å². The molecule has 1 fully saturated rings. The third-order valence-corrected chi connectivity index (χ3v) is 4.73. The number of aliphatic hydroxyl groups excluding tert-OH is 1. The third-order valence-electron chi connectivity index (χ3n) is 4.73. The number of ether oxygens (including phenoxy) is 1. The van der Waals surface area contributed by atoms with Gasteiger partial charge in [-0.3, -0.25) is 9.48 Å². The normalized spacial score (nSPS) is 26.8. The van der Waals surface area contributed by atoms with Crippen LogP contribution in [0.2, 0.25) is 0 Å². The van der Waals surface area contributed by atoms with Crippen LogP contribution >= 0.6 is 0 Å². The predicted molar refractivity (Wildman–Crippen MR) is 87.8 cm³/mol. The summed E-state index contributed by atoms with van der Waals surface area (Å²) in [5.74, 6) is 0.560. The number of rotatable bonds is 4. The van der Waals surface area contributed by atoms with Gasteiger partial charge in [-0.1, -0.05) is 6.07 Å². The quantitative estimate of drug-likeness (QED) is 0.786. The molecule has 7 heteroatoms. The monoisotopic (exact) mass is 328 g/mol. The highest BCUT2D eigenvalue weighted by Crippen LogP contribution is 2.35. The Labute approximate surface area is 139 Å². The number of carbonyl (C=O) groups is 1. The second kappa shape index (κ2) is 5.92. The number of aliphatic hydroxyl groups is 1. The lowest BCUT2D eigenvalue weighted by atomic mass is 9.82. The van der Waals surface area contributed by atoms with E-state index in [2.05, 4.69) is 22.7 Å². The molecule has 1 aromatic carbocycles. The van der Waals surface area contributed by atoms with Crippen molar-refractivity contribution in [1.82, 2.24) is 15.1 Å². The molecule has 3 N–H and O–H groups in total. The van der Waals surface area contributed by atoms with Crippen LogP contribution in [0.25, 0.3) is 0 Å². The Hall–Kier alpha value is -2.38. The molecule has 0 radical (unpaired) electrons. The molecule has 0 bridgehead atoms. The molecule has 2 heterocycles. The van der Waals surface area contributed by atoms with Gasteiger partial charge < -0.3 is 20.5 Å². The number of benzene rings is 1. The first-order valence-corrected chi connectivity index (χ1v) is 8.11. The molecule has 7 nitrogen and oxygen atoms in total. The maximum absolute atomic E-state index is 11.3.